The first-order chi connectivity index (χ1) is 8.26. The maximum atomic E-state index is 8.30. The Hall–Kier alpha value is -2.28. The number of rotatable bonds is 5. The van der Waals surface area contributed by atoms with Crippen LogP contribution < -0.4 is 20.7 Å². The van der Waals surface area contributed by atoms with Gasteiger partial charge >= 0.3 is 0 Å². The SMILES string of the molecule is COc1ccc(OC/C=N/N=C(\N)NO)cc1. The average molecular weight is 238 g/mol. The Balaban J connectivity index is 2.35. The second-order valence-corrected chi connectivity index (χ2v) is 2.88. The molecule has 0 fully saturated rings. The maximum absolute atomic E-state index is 8.30. The van der Waals surface area contributed by atoms with Gasteiger partial charge in [-0.2, -0.15) is 5.10 Å². The first kappa shape index (κ1) is 12.8. The van der Waals surface area contributed by atoms with Crippen molar-refractivity contribution in [1.29, 1.82) is 0 Å². The molecule has 0 aliphatic carbocycles. The van der Waals surface area contributed by atoms with E-state index >= 15 is 0 Å². The van der Waals surface area contributed by atoms with Crippen molar-refractivity contribution < 1.29 is 14.7 Å². The third-order valence-corrected chi connectivity index (χ3v) is 1.75. The number of methoxy groups -OCH3 is 1. The average Bonchev–Trinajstić information content (AvgIpc) is 2.38. The highest BCUT2D eigenvalue weighted by molar-refractivity contribution is 5.77. The van der Waals surface area contributed by atoms with E-state index in [1.165, 1.54) is 6.21 Å². The van der Waals surface area contributed by atoms with E-state index < -0.39 is 0 Å². The van der Waals surface area contributed by atoms with Crippen LogP contribution in [-0.2, 0) is 0 Å². The highest BCUT2D eigenvalue weighted by Gasteiger charge is 1.93. The summed E-state index contributed by atoms with van der Waals surface area (Å²) in [5.41, 5.74) is 6.76. The van der Waals surface area contributed by atoms with Crippen LogP contribution in [0.25, 0.3) is 0 Å². The fourth-order valence-electron chi connectivity index (χ4n) is 0.964. The summed E-state index contributed by atoms with van der Waals surface area (Å²) in [4.78, 5) is 0. The quantitative estimate of drug-likeness (QED) is 0.390. The number of hydrogen-bond acceptors (Lipinski definition) is 5. The van der Waals surface area contributed by atoms with Crippen molar-refractivity contribution in [3.05, 3.63) is 24.3 Å². The van der Waals surface area contributed by atoms with Crippen LogP contribution in [0.1, 0.15) is 0 Å². The number of nitrogens with zero attached hydrogens (tertiary/aromatic N) is 2. The van der Waals surface area contributed by atoms with Crippen LogP contribution in [0, 0.1) is 0 Å². The lowest BCUT2D eigenvalue weighted by Gasteiger charge is -2.03. The van der Waals surface area contributed by atoms with Crippen LogP contribution in [0.3, 0.4) is 0 Å². The van der Waals surface area contributed by atoms with Crippen molar-refractivity contribution in [3.8, 4) is 11.5 Å². The van der Waals surface area contributed by atoms with E-state index in [9.17, 15) is 0 Å². The summed E-state index contributed by atoms with van der Waals surface area (Å²) in [6.45, 7) is 0.245. The molecular weight excluding hydrogens is 224 g/mol. The summed E-state index contributed by atoms with van der Waals surface area (Å²) in [5.74, 6) is 1.26. The Morgan fingerprint density at radius 3 is 2.65 bits per heavy atom. The number of guanidine groups is 1. The fraction of sp³-hybridized carbons (Fsp3) is 0.200. The molecule has 0 unspecified atom stereocenters. The molecular formula is C10H14N4O3. The molecule has 92 valence electrons. The minimum absolute atomic E-state index is 0.189. The van der Waals surface area contributed by atoms with E-state index in [4.69, 9.17) is 20.4 Å². The molecule has 0 aliphatic rings. The molecule has 4 N–H and O–H groups in total. The highest BCUT2D eigenvalue weighted by Crippen LogP contribution is 2.16. The molecule has 7 heteroatoms. The molecule has 0 amide bonds. The Kier molecular flexibility index (Phi) is 5.32. The van der Waals surface area contributed by atoms with Gasteiger partial charge in [0.05, 0.1) is 13.3 Å². The normalized spacial score (nSPS) is 11.5. The van der Waals surface area contributed by atoms with Gasteiger partial charge in [-0.15, -0.1) is 5.10 Å². The van der Waals surface area contributed by atoms with Crippen molar-refractivity contribution >= 4 is 12.2 Å². The lowest BCUT2D eigenvalue weighted by Crippen LogP contribution is -2.27. The molecule has 0 spiro atoms. The zero-order valence-electron chi connectivity index (χ0n) is 9.33. The van der Waals surface area contributed by atoms with E-state index in [0.717, 1.165) is 5.75 Å². The molecule has 0 saturated carbocycles. The second kappa shape index (κ2) is 7.07. The highest BCUT2D eigenvalue weighted by atomic mass is 16.5. The topological polar surface area (TPSA) is 101 Å². The minimum atomic E-state index is -0.189. The Morgan fingerprint density at radius 2 is 2.06 bits per heavy atom. The lowest BCUT2D eigenvalue weighted by atomic mass is 10.3. The molecule has 1 aromatic rings. The van der Waals surface area contributed by atoms with E-state index in [0.29, 0.717) is 5.75 Å². The molecule has 0 bridgehead atoms. The number of benzene rings is 1. The molecule has 0 saturated heterocycles. The molecule has 17 heavy (non-hydrogen) atoms. The lowest BCUT2D eigenvalue weighted by molar-refractivity contribution is 0.232. The molecule has 0 aliphatic heterocycles. The molecule has 0 atom stereocenters. The summed E-state index contributed by atoms with van der Waals surface area (Å²) < 4.78 is 10.3. The predicted octanol–water partition coefficient (Wildman–Crippen LogP) is 0.353. The van der Waals surface area contributed by atoms with E-state index in [2.05, 4.69) is 10.2 Å². The zero-order chi connectivity index (χ0) is 12.5. The standard InChI is InChI=1S/C10H14N4O3/c1-16-8-2-4-9(5-3-8)17-7-6-12-13-10(11)14-15/h2-6,15H,7H2,1H3,(H3,11,13,14)/b12-6+. The number of ether oxygens (including phenoxy) is 2. The van der Waals surface area contributed by atoms with Gasteiger partial charge in [0.2, 0.25) is 5.96 Å². The summed E-state index contributed by atoms with van der Waals surface area (Å²) in [6, 6.07) is 7.13. The maximum Gasteiger partial charge on any atom is 0.237 e. The van der Waals surface area contributed by atoms with Crippen molar-refractivity contribution in [2.24, 2.45) is 15.9 Å². The summed E-state index contributed by atoms with van der Waals surface area (Å²) in [6.07, 6.45) is 1.41. The van der Waals surface area contributed by atoms with Crippen LogP contribution in [-0.4, -0.2) is 31.1 Å². The van der Waals surface area contributed by atoms with Crippen LogP contribution >= 0.6 is 0 Å². The van der Waals surface area contributed by atoms with Gasteiger partial charge < -0.3 is 15.2 Å². The van der Waals surface area contributed by atoms with E-state index in [1.807, 2.05) is 0 Å². The predicted molar refractivity (Wildman–Crippen MR) is 63.5 cm³/mol. The molecule has 7 nitrogen and oxygen atoms in total. The summed E-state index contributed by atoms with van der Waals surface area (Å²) in [7, 11) is 1.60. The number of nitrogens with two attached hydrogens (primary N) is 1. The molecule has 0 heterocycles. The van der Waals surface area contributed by atoms with Gasteiger partial charge in [-0.25, -0.2) is 5.48 Å². The third kappa shape index (κ3) is 4.85. The Bertz CT molecular complexity index is 389. The third-order valence-electron chi connectivity index (χ3n) is 1.75. The Morgan fingerprint density at radius 1 is 1.41 bits per heavy atom. The van der Waals surface area contributed by atoms with Crippen molar-refractivity contribution in [2.75, 3.05) is 13.7 Å². The number of hydroxylamine groups is 1. The van der Waals surface area contributed by atoms with Crippen LogP contribution in [0.5, 0.6) is 11.5 Å². The van der Waals surface area contributed by atoms with Crippen molar-refractivity contribution in [3.63, 3.8) is 0 Å². The van der Waals surface area contributed by atoms with Gasteiger partial charge in [-0.1, -0.05) is 0 Å². The number of nitrogens with one attached hydrogen (secondary N) is 1. The summed E-state index contributed by atoms with van der Waals surface area (Å²) >= 11 is 0. The monoisotopic (exact) mass is 238 g/mol. The van der Waals surface area contributed by atoms with Gasteiger partial charge in [0.15, 0.2) is 0 Å². The van der Waals surface area contributed by atoms with Gasteiger partial charge in [0.1, 0.15) is 18.1 Å². The van der Waals surface area contributed by atoms with E-state index in [-0.39, 0.29) is 12.6 Å². The summed E-state index contributed by atoms with van der Waals surface area (Å²) in [5, 5.41) is 15.3. The molecule has 0 radical (unpaired) electrons. The van der Waals surface area contributed by atoms with Gasteiger partial charge in [0, 0.05) is 0 Å². The first-order valence-electron chi connectivity index (χ1n) is 4.78. The number of hydrogen-bond donors (Lipinski definition) is 3. The molecule has 0 aromatic heterocycles. The van der Waals surface area contributed by atoms with Gasteiger partial charge in [-0.05, 0) is 24.3 Å². The first-order valence-corrected chi connectivity index (χ1v) is 4.78. The fourth-order valence-corrected chi connectivity index (χ4v) is 0.964. The second-order valence-electron chi connectivity index (χ2n) is 2.88. The minimum Gasteiger partial charge on any atom is -0.497 e. The largest absolute Gasteiger partial charge is 0.497 e. The molecule has 1 aromatic carbocycles. The zero-order valence-corrected chi connectivity index (χ0v) is 9.33. The van der Waals surface area contributed by atoms with Crippen LogP contribution in [0.15, 0.2) is 34.5 Å². The van der Waals surface area contributed by atoms with Gasteiger partial charge in [-0.3, -0.25) is 5.21 Å². The van der Waals surface area contributed by atoms with E-state index in [1.54, 1.807) is 36.9 Å². The van der Waals surface area contributed by atoms with Gasteiger partial charge in [0.25, 0.3) is 0 Å². The smallest absolute Gasteiger partial charge is 0.237 e. The Labute approximate surface area is 98.5 Å². The van der Waals surface area contributed by atoms with Crippen LogP contribution in [0.2, 0.25) is 0 Å². The van der Waals surface area contributed by atoms with Crippen molar-refractivity contribution in [1.82, 2.24) is 5.48 Å². The molecule has 1 rings (SSSR count). The van der Waals surface area contributed by atoms with Crippen LogP contribution in [0.4, 0.5) is 0 Å². The van der Waals surface area contributed by atoms with Crippen molar-refractivity contribution in [2.45, 2.75) is 0 Å².